The lowest BCUT2D eigenvalue weighted by atomic mass is 10.2. The second-order valence-electron chi connectivity index (χ2n) is 4.10. The van der Waals surface area contributed by atoms with Gasteiger partial charge in [0.05, 0.1) is 12.3 Å². The van der Waals surface area contributed by atoms with Crippen LogP contribution in [0, 0.1) is 0 Å². The SMILES string of the molecule is C=CCNC(=S)NN=Cc1ccc(OC(C)C)cc1. The van der Waals surface area contributed by atoms with Crippen LogP contribution < -0.4 is 15.5 Å². The lowest BCUT2D eigenvalue weighted by Gasteiger charge is -2.09. The summed E-state index contributed by atoms with van der Waals surface area (Å²) in [6.45, 7) is 8.20. The van der Waals surface area contributed by atoms with E-state index in [0.29, 0.717) is 11.7 Å². The number of thiocarbonyl (C=S) groups is 1. The van der Waals surface area contributed by atoms with Gasteiger partial charge in [0.25, 0.3) is 0 Å². The van der Waals surface area contributed by atoms with Crippen molar-refractivity contribution in [2.24, 2.45) is 5.10 Å². The molecule has 0 aliphatic heterocycles. The van der Waals surface area contributed by atoms with E-state index in [0.717, 1.165) is 11.3 Å². The molecule has 0 bridgehead atoms. The largest absolute Gasteiger partial charge is 0.491 e. The van der Waals surface area contributed by atoms with Crippen molar-refractivity contribution in [2.45, 2.75) is 20.0 Å². The summed E-state index contributed by atoms with van der Waals surface area (Å²) in [5, 5.41) is 7.42. The Morgan fingerprint density at radius 1 is 1.42 bits per heavy atom. The molecule has 0 saturated heterocycles. The molecule has 0 saturated carbocycles. The molecule has 0 atom stereocenters. The Hall–Kier alpha value is -1.88. The van der Waals surface area contributed by atoms with Crippen LogP contribution in [0.25, 0.3) is 0 Å². The number of rotatable bonds is 6. The summed E-state index contributed by atoms with van der Waals surface area (Å²) in [4.78, 5) is 0. The summed E-state index contributed by atoms with van der Waals surface area (Å²) in [7, 11) is 0. The van der Waals surface area contributed by atoms with Crippen LogP contribution in [0.4, 0.5) is 0 Å². The van der Waals surface area contributed by atoms with Gasteiger partial charge in [-0.25, -0.2) is 0 Å². The van der Waals surface area contributed by atoms with Crippen molar-refractivity contribution in [1.82, 2.24) is 10.7 Å². The Kier molecular flexibility index (Phi) is 6.60. The summed E-state index contributed by atoms with van der Waals surface area (Å²) >= 11 is 5.00. The molecule has 1 aromatic carbocycles. The number of benzene rings is 1. The molecular weight excluding hydrogens is 258 g/mol. The Morgan fingerprint density at radius 2 is 2.11 bits per heavy atom. The maximum atomic E-state index is 5.56. The molecule has 5 heteroatoms. The number of hydrogen-bond acceptors (Lipinski definition) is 3. The van der Waals surface area contributed by atoms with Crippen molar-refractivity contribution in [2.75, 3.05) is 6.54 Å². The highest BCUT2D eigenvalue weighted by molar-refractivity contribution is 7.80. The van der Waals surface area contributed by atoms with Crippen molar-refractivity contribution in [3.8, 4) is 5.75 Å². The van der Waals surface area contributed by atoms with Gasteiger partial charge in [-0.3, -0.25) is 5.43 Å². The minimum absolute atomic E-state index is 0.175. The topological polar surface area (TPSA) is 45.7 Å². The van der Waals surface area contributed by atoms with Crippen molar-refractivity contribution in [3.05, 3.63) is 42.5 Å². The average Bonchev–Trinajstić information content (AvgIpc) is 2.38. The van der Waals surface area contributed by atoms with Crippen LogP contribution in [-0.4, -0.2) is 24.0 Å². The monoisotopic (exact) mass is 277 g/mol. The molecule has 0 fully saturated rings. The first kappa shape index (κ1) is 15.2. The van der Waals surface area contributed by atoms with Crippen LogP contribution in [0.15, 0.2) is 42.0 Å². The van der Waals surface area contributed by atoms with Gasteiger partial charge in [-0.1, -0.05) is 6.08 Å². The van der Waals surface area contributed by atoms with Gasteiger partial charge in [0.2, 0.25) is 0 Å². The van der Waals surface area contributed by atoms with E-state index in [1.165, 1.54) is 0 Å². The summed E-state index contributed by atoms with van der Waals surface area (Å²) in [6.07, 6.45) is 3.60. The summed E-state index contributed by atoms with van der Waals surface area (Å²) in [6, 6.07) is 7.69. The van der Waals surface area contributed by atoms with E-state index in [1.54, 1.807) is 12.3 Å². The van der Waals surface area contributed by atoms with Crippen LogP contribution in [0.5, 0.6) is 5.75 Å². The molecule has 102 valence electrons. The highest BCUT2D eigenvalue weighted by Crippen LogP contribution is 2.12. The molecule has 4 nitrogen and oxygen atoms in total. The molecule has 0 unspecified atom stereocenters. The Balaban J connectivity index is 2.44. The Labute approximate surface area is 119 Å². The average molecular weight is 277 g/mol. The van der Waals surface area contributed by atoms with E-state index in [4.69, 9.17) is 17.0 Å². The van der Waals surface area contributed by atoms with Gasteiger partial charge >= 0.3 is 0 Å². The molecule has 0 radical (unpaired) electrons. The van der Waals surface area contributed by atoms with Crippen LogP contribution in [0.2, 0.25) is 0 Å². The van der Waals surface area contributed by atoms with Crippen LogP contribution >= 0.6 is 12.2 Å². The highest BCUT2D eigenvalue weighted by Gasteiger charge is 1.96. The van der Waals surface area contributed by atoms with E-state index in [-0.39, 0.29) is 6.10 Å². The maximum absolute atomic E-state index is 5.56. The van der Waals surface area contributed by atoms with Crippen molar-refractivity contribution in [3.63, 3.8) is 0 Å². The van der Waals surface area contributed by atoms with Crippen LogP contribution in [-0.2, 0) is 0 Å². The molecule has 0 aliphatic carbocycles. The fourth-order valence-corrected chi connectivity index (χ4v) is 1.41. The normalized spacial score (nSPS) is 10.5. The first-order chi connectivity index (χ1) is 9.11. The standard InChI is InChI=1S/C14H19N3OS/c1-4-9-15-14(19)17-16-10-12-5-7-13(8-6-12)18-11(2)3/h4-8,10-11H,1,9H2,2-3H3,(H2,15,17,19). The number of hydrogen-bond donors (Lipinski definition) is 2. The molecule has 0 aliphatic rings. The second-order valence-corrected chi connectivity index (χ2v) is 4.51. The van der Waals surface area contributed by atoms with Gasteiger partial charge in [0, 0.05) is 6.54 Å². The van der Waals surface area contributed by atoms with Gasteiger partial charge in [-0.2, -0.15) is 5.10 Å². The zero-order valence-corrected chi connectivity index (χ0v) is 12.0. The van der Waals surface area contributed by atoms with Crippen molar-refractivity contribution >= 4 is 23.5 Å². The summed E-state index contributed by atoms with van der Waals surface area (Å²) in [5.74, 6) is 0.850. The van der Waals surface area contributed by atoms with Crippen molar-refractivity contribution in [1.29, 1.82) is 0 Å². The molecule has 2 N–H and O–H groups in total. The molecule has 1 aromatic rings. The maximum Gasteiger partial charge on any atom is 0.187 e. The zero-order valence-electron chi connectivity index (χ0n) is 11.2. The van der Waals surface area contributed by atoms with Gasteiger partial charge in [0.1, 0.15) is 5.75 Å². The molecule has 19 heavy (non-hydrogen) atoms. The smallest absolute Gasteiger partial charge is 0.187 e. The summed E-state index contributed by atoms with van der Waals surface area (Å²) in [5.41, 5.74) is 3.69. The molecule has 1 rings (SSSR count). The summed E-state index contributed by atoms with van der Waals surface area (Å²) < 4.78 is 5.56. The minimum Gasteiger partial charge on any atom is -0.491 e. The van der Waals surface area contributed by atoms with E-state index in [1.807, 2.05) is 38.1 Å². The first-order valence-corrected chi connectivity index (χ1v) is 6.47. The third kappa shape index (κ3) is 6.57. The number of ether oxygens (including phenoxy) is 1. The van der Waals surface area contributed by atoms with E-state index in [2.05, 4.69) is 22.4 Å². The Bertz CT molecular complexity index is 441. The molecule has 0 spiro atoms. The van der Waals surface area contributed by atoms with E-state index >= 15 is 0 Å². The molecule has 0 amide bonds. The van der Waals surface area contributed by atoms with Crippen LogP contribution in [0.3, 0.4) is 0 Å². The van der Waals surface area contributed by atoms with Gasteiger partial charge in [-0.15, -0.1) is 6.58 Å². The fourth-order valence-electron chi connectivity index (χ4n) is 1.27. The third-order valence-electron chi connectivity index (χ3n) is 2.04. The lowest BCUT2D eigenvalue weighted by molar-refractivity contribution is 0.242. The van der Waals surface area contributed by atoms with Crippen molar-refractivity contribution < 1.29 is 4.74 Å². The van der Waals surface area contributed by atoms with Gasteiger partial charge in [0.15, 0.2) is 5.11 Å². The quantitative estimate of drug-likeness (QED) is 0.363. The molecule has 0 aromatic heterocycles. The van der Waals surface area contributed by atoms with E-state index in [9.17, 15) is 0 Å². The van der Waals surface area contributed by atoms with Gasteiger partial charge < -0.3 is 10.1 Å². The Morgan fingerprint density at radius 3 is 2.68 bits per heavy atom. The molecular formula is C14H19N3OS. The number of hydrazone groups is 1. The highest BCUT2D eigenvalue weighted by atomic mass is 32.1. The first-order valence-electron chi connectivity index (χ1n) is 6.06. The number of nitrogens with one attached hydrogen (secondary N) is 2. The zero-order chi connectivity index (χ0) is 14.1. The van der Waals surface area contributed by atoms with E-state index < -0.39 is 0 Å². The predicted molar refractivity (Wildman–Crippen MR) is 83.7 cm³/mol. The lowest BCUT2D eigenvalue weighted by Crippen LogP contribution is -2.31. The fraction of sp³-hybridized carbons (Fsp3) is 0.286. The second kappa shape index (κ2) is 8.26. The minimum atomic E-state index is 0.175. The number of nitrogens with zero attached hydrogens (tertiary/aromatic N) is 1. The van der Waals surface area contributed by atoms with Crippen LogP contribution in [0.1, 0.15) is 19.4 Å². The predicted octanol–water partition coefficient (Wildman–Crippen LogP) is 2.46. The molecule has 0 heterocycles. The third-order valence-corrected chi connectivity index (χ3v) is 2.27. The van der Waals surface area contributed by atoms with Gasteiger partial charge in [-0.05, 0) is 55.9 Å².